The van der Waals surface area contributed by atoms with Gasteiger partial charge in [-0.1, -0.05) is 6.92 Å². The van der Waals surface area contributed by atoms with Crippen LogP contribution < -0.4 is 5.32 Å². The molecule has 76 valence electrons. The summed E-state index contributed by atoms with van der Waals surface area (Å²) in [4.78, 5) is 21.9. The van der Waals surface area contributed by atoms with Crippen LogP contribution in [0.3, 0.4) is 0 Å². The minimum atomic E-state index is -0.407. The van der Waals surface area contributed by atoms with Crippen molar-refractivity contribution in [2.45, 2.75) is 39.3 Å². The van der Waals surface area contributed by atoms with Crippen molar-refractivity contribution < 1.29 is 14.3 Å². The molecule has 13 heavy (non-hydrogen) atoms. The van der Waals surface area contributed by atoms with Gasteiger partial charge in [-0.3, -0.25) is 9.59 Å². The second-order valence-corrected chi connectivity index (χ2v) is 2.90. The Kier molecular flexibility index (Phi) is 5.30. The summed E-state index contributed by atoms with van der Waals surface area (Å²) < 4.78 is 4.90. The predicted octanol–water partition coefficient (Wildman–Crippen LogP) is 0.505. The molecule has 0 saturated carbocycles. The van der Waals surface area contributed by atoms with E-state index in [2.05, 4.69) is 5.32 Å². The lowest BCUT2D eigenvalue weighted by Crippen LogP contribution is -2.44. The molecule has 0 aromatic heterocycles. The van der Waals surface area contributed by atoms with Gasteiger partial charge in [-0.2, -0.15) is 0 Å². The molecule has 0 aliphatic carbocycles. The van der Waals surface area contributed by atoms with Crippen LogP contribution >= 0.6 is 0 Å². The Morgan fingerprint density at radius 2 is 2.00 bits per heavy atom. The zero-order valence-corrected chi connectivity index (χ0v) is 8.59. The van der Waals surface area contributed by atoms with E-state index in [4.69, 9.17) is 4.74 Å². The Balaban J connectivity index is 4.22. The Labute approximate surface area is 78.6 Å². The van der Waals surface area contributed by atoms with Gasteiger partial charge in [0.1, 0.15) is 12.1 Å². The van der Waals surface area contributed by atoms with E-state index in [1.807, 2.05) is 0 Å². The van der Waals surface area contributed by atoms with Crippen molar-refractivity contribution in [3.8, 4) is 0 Å². The fraction of sp³-hybridized carbons (Fsp3) is 0.778. The molecular formula is C9H17NO3. The number of Topliss-reactive ketones (excluding diaryl/α,β-unsaturated/α-hetero) is 1. The molecule has 2 unspecified atom stereocenters. The summed E-state index contributed by atoms with van der Waals surface area (Å²) in [5.41, 5.74) is 0. The summed E-state index contributed by atoms with van der Waals surface area (Å²) in [7, 11) is 1.68. The van der Waals surface area contributed by atoms with E-state index in [9.17, 15) is 9.59 Å². The molecule has 4 nitrogen and oxygen atoms in total. The average Bonchev–Trinajstić information content (AvgIpc) is 2.03. The van der Waals surface area contributed by atoms with E-state index in [1.54, 1.807) is 20.9 Å². The van der Waals surface area contributed by atoms with Gasteiger partial charge in [-0.05, 0) is 14.0 Å². The van der Waals surface area contributed by atoms with Crippen LogP contribution in [-0.2, 0) is 14.3 Å². The molecule has 2 atom stereocenters. The zero-order chi connectivity index (χ0) is 10.4. The van der Waals surface area contributed by atoms with Crippen LogP contribution in [0.5, 0.6) is 0 Å². The van der Waals surface area contributed by atoms with Crippen molar-refractivity contribution in [3.05, 3.63) is 0 Å². The lowest BCUT2D eigenvalue weighted by molar-refractivity contribution is -0.148. The molecule has 0 saturated heterocycles. The first-order valence-corrected chi connectivity index (χ1v) is 4.40. The predicted molar refractivity (Wildman–Crippen MR) is 49.4 cm³/mol. The highest BCUT2D eigenvalue weighted by molar-refractivity contribution is 5.84. The molecule has 0 spiro atoms. The number of carbonyl (C=O) groups excluding carboxylic acids is 2. The highest BCUT2D eigenvalue weighted by Gasteiger charge is 2.23. The summed E-state index contributed by atoms with van der Waals surface area (Å²) in [6, 6.07) is -0.395. The third-order valence-corrected chi connectivity index (χ3v) is 1.83. The van der Waals surface area contributed by atoms with Crippen molar-refractivity contribution in [1.82, 2.24) is 5.32 Å². The molecule has 0 bridgehead atoms. The maximum absolute atomic E-state index is 11.3. The fourth-order valence-electron chi connectivity index (χ4n) is 1.21. The van der Waals surface area contributed by atoms with Crippen LogP contribution in [0.1, 0.15) is 27.2 Å². The summed E-state index contributed by atoms with van der Waals surface area (Å²) in [5.74, 6) is -0.312. The Bertz CT molecular complexity index is 191. The second kappa shape index (κ2) is 5.70. The first-order chi connectivity index (χ1) is 6.02. The smallest absolute Gasteiger partial charge is 0.302 e. The normalized spacial score (nSPS) is 14.8. The molecule has 0 rings (SSSR count). The third kappa shape index (κ3) is 4.03. The van der Waals surface area contributed by atoms with Crippen molar-refractivity contribution in [1.29, 1.82) is 0 Å². The third-order valence-electron chi connectivity index (χ3n) is 1.83. The fourth-order valence-corrected chi connectivity index (χ4v) is 1.21. The molecule has 0 amide bonds. The minimum Gasteiger partial charge on any atom is -0.461 e. The van der Waals surface area contributed by atoms with Crippen molar-refractivity contribution >= 4 is 11.8 Å². The molecule has 0 fully saturated rings. The summed E-state index contributed by atoms with van der Waals surface area (Å²) in [5, 5.41) is 2.83. The van der Waals surface area contributed by atoms with Gasteiger partial charge in [0.15, 0.2) is 5.78 Å². The van der Waals surface area contributed by atoms with Gasteiger partial charge in [0, 0.05) is 13.3 Å². The zero-order valence-electron chi connectivity index (χ0n) is 8.59. The first-order valence-electron chi connectivity index (χ1n) is 4.40. The molecule has 4 heteroatoms. The van der Waals surface area contributed by atoms with Crippen molar-refractivity contribution in [2.24, 2.45) is 0 Å². The van der Waals surface area contributed by atoms with Crippen molar-refractivity contribution in [3.63, 3.8) is 0 Å². The number of ketones is 1. The SMILES string of the molecule is CCC(=O)C(NC)C(C)OC(C)=O. The van der Waals surface area contributed by atoms with Gasteiger partial charge < -0.3 is 10.1 Å². The molecule has 0 aliphatic rings. The summed E-state index contributed by atoms with van der Waals surface area (Å²) in [6.07, 6.45) is 0.0341. The minimum absolute atomic E-state index is 0.0521. The maximum Gasteiger partial charge on any atom is 0.302 e. The molecule has 1 N–H and O–H groups in total. The van der Waals surface area contributed by atoms with Crippen molar-refractivity contribution in [2.75, 3.05) is 7.05 Å². The second-order valence-electron chi connectivity index (χ2n) is 2.90. The first kappa shape index (κ1) is 12.1. The molecule has 0 radical (unpaired) electrons. The van der Waals surface area contributed by atoms with Crippen LogP contribution in [0.15, 0.2) is 0 Å². The number of ether oxygens (including phenoxy) is 1. The van der Waals surface area contributed by atoms with E-state index in [1.165, 1.54) is 6.92 Å². The summed E-state index contributed by atoms with van der Waals surface area (Å²) >= 11 is 0. The van der Waals surface area contributed by atoms with E-state index in [0.717, 1.165) is 0 Å². The quantitative estimate of drug-likeness (QED) is 0.637. The molecule has 0 aromatic rings. The maximum atomic E-state index is 11.3. The average molecular weight is 187 g/mol. The molecular weight excluding hydrogens is 170 g/mol. The highest BCUT2D eigenvalue weighted by Crippen LogP contribution is 2.02. The Hall–Kier alpha value is -0.900. The van der Waals surface area contributed by atoms with Crippen LogP contribution in [0.4, 0.5) is 0 Å². The highest BCUT2D eigenvalue weighted by atomic mass is 16.5. The number of hydrogen-bond donors (Lipinski definition) is 1. The van der Waals surface area contributed by atoms with Gasteiger partial charge in [-0.15, -0.1) is 0 Å². The van der Waals surface area contributed by atoms with Gasteiger partial charge in [0.2, 0.25) is 0 Å². The number of hydrogen-bond acceptors (Lipinski definition) is 4. The van der Waals surface area contributed by atoms with E-state index >= 15 is 0 Å². The topological polar surface area (TPSA) is 55.4 Å². The van der Waals surface area contributed by atoms with Gasteiger partial charge in [-0.25, -0.2) is 0 Å². The van der Waals surface area contributed by atoms with Crippen LogP contribution in [0, 0.1) is 0 Å². The number of likely N-dealkylation sites (N-methyl/N-ethyl adjacent to an activating group) is 1. The van der Waals surface area contributed by atoms with Gasteiger partial charge in [0.25, 0.3) is 0 Å². The Morgan fingerprint density at radius 1 is 1.46 bits per heavy atom. The standard InChI is InChI=1S/C9H17NO3/c1-5-8(12)9(10-4)6(2)13-7(3)11/h6,9-10H,5H2,1-4H3. The van der Waals surface area contributed by atoms with Crippen LogP contribution in [0.25, 0.3) is 0 Å². The van der Waals surface area contributed by atoms with E-state index in [0.29, 0.717) is 6.42 Å². The molecule has 0 aromatic carbocycles. The summed E-state index contributed by atoms with van der Waals surface area (Å²) in [6.45, 7) is 4.82. The molecule has 0 heterocycles. The monoisotopic (exact) mass is 187 g/mol. The number of esters is 1. The lowest BCUT2D eigenvalue weighted by Gasteiger charge is -2.21. The van der Waals surface area contributed by atoms with Crippen LogP contribution in [0.2, 0.25) is 0 Å². The Morgan fingerprint density at radius 3 is 2.31 bits per heavy atom. The number of rotatable bonds is 5. The van der Waals surface area contributed by atoms with E-state index in [-0.39, 0.29) is 11.8 Å². The lowest BCUT2D eigenvalue weighted by atomic mass is 10.1. The van der Waals surface area contributed by atoms with Gasteiger partial charge in [0.05, 0.1) is 0 Å². The number of carbonyl (C=O) groups is 2. The van der Waals surface area contributed by atoms with Crippen LogP contribution in [-0.4, -0.2) is 30.9 Å². The largest absolute Gasteiger partial charge is 0.461 e. The molecule has 0 aliphatic heterocycles. The number of nitrogens with one attached hydrogen (secondary N) is 1. The van der Waals surface area contributed by atoms with E-state index < -0.39 is 12.1 Å². The van der Waals surface area contributed by atoms with Gasteiger partial charge >= 0.3 is 5.97 Å².